The first kappa shape index (κ1) is 13.5. The molecule has 1 aliphatic rings. The third-order valence-corrected chi connectivity index (χ3v) is 5.20. The normalized spacial score (nSPS) is 21.9. The Hall–Kier alpha value is -0.910. The predicted molar refractivity (Wildman–Crippen MR) is 71.6 cm³/mol. The van der Waals surface area contributed by atoms with Crippen molar-refractivity contribution in [1.82, 2.24) is 4.72 Å². The number of benzene rings is 1. The Morgan fingerprint density at radius 2 is 2.06 bits per heavy atom. The van der Waals surface area contributed by atoms with Crippen LogP contribution in [0.15, 0.2) is 23.1 Å². The smallest absolute Gasteiger partial charge is 0.241 e. The zero-order valence-electron chi connectivity index (χ0n) is 11.0. The van der Waals surface area contributed by atoms with Gasteiger partial charge in [-0.05, 0) is 36.0 Å². The summed E-state index contributed by atoms with van der Waals surface area (Å²) in [4.78, 5) is 0.341. The van der Waals surface area contributed by atoms with Crippen LogP contribution < -0.4 is 10.5 Å². The zero-order valence-corrected chi connectivity index (χ0v) is 11.8. The minimum Gasteiger partial charge on any atom is -0.326 e. The van der Waals surface area contributed by atoms with Gasteiger partial charge in [0.05, 0.1) is 4.90 Å². The van der Waals surface area contributed by atoms with Gasteiger partial charge in [0.25, 0.3) is 0 Å². The van der Waals surface area contributed by atoms with Gasteiger partial charge >= 0.3 is 0 Å². The van der Waals surface area contributed by atoms with Gasteiger partial charge in [-0.15, -0.1) is 0 Å². The van der Waals surface area contributed by atoms with Crippen molar-refractivity contribution in [1.29, 1.82) is 0 Å². The molecule has 0 aromatic heterocycles. The molecule has 0 aliphatic heterocycles. The lowest BCUT2D eigenvalue weighted by Crippen LogP contribution is -2.29. The number of sulfonamides is 1. The lowest BCUT2D eigenvalue weighted by Gasteiger charge is -2.11. The Morgan fingerprint density at radius 1 is 1.44 bits per heavy atom. The highest BCUT2D eigenvalue weighted by atomic mass is 32.2. The second kappa shape index (κ2) is 4.33. The first-order chi connectivity index (χ1) is 8.26. The summed E-state index contributed by atoms with van der Waals surface area (Å²) in [6, 6.07) is 5.36. The molecule has 0 saturated heterocycles. The van der Waals surface area contributed by atoms with Crippen LogP contribution >= 0.6 is 0 Å². The summed E-state index contributed by atoms with van der Waals surface area (Å²) in [6.07, 6.45) is 0.891. The molecule has 0 amide bonds. The average Bonchev–Trinajstić information content (AvgIpc) is 2.85. The van der Waals surface area contributed by atoms with Crippen LogP contribution in [0.3, 0.4) is 0 Å². The van der Waals surface area contributed by atoms with E-state index >= 15 is 0 Å². The SMILES string of the molecule is Cc1ccc(CN)cc1S(=O)(=O)NC1CC1(C)C. The molecule has 18 heavy (non-hydrogen) atoms. The van der Waals surface area contributed by atoms with Crippen molar-refractivity contribution in [3.63, 3.8) is 0 Å². The second-order valence-corrected chi connectivity index (χ2v) is 7.35. The Bertz CT molecular complexity index is 564. The second-order valence-electron chi connectivity index (χ2n) is 5.67. The summed E-state index contributed by atoms with van der Waals surface area (Å²) in [5.74, 6) is 0. The number of aryl methyl sites for hydroxylation is 1. The van der Waals surface area contributed by atoms with Crippen molar-refractivity contribution in [3.05, 3.63) is 29.3 Å². The van der Waals surface area contributed by atoms with Crippen molar-refractivity contribution in [3.8, 4) is 0 Å². The highest BCUT2D eigenvalue weighted by molar-refractivity contribution is 7.89. The standard InChI is InChI=1S/C13H20N2O2S/c1-9-4-5-10(8-14)6-11(9)18(16,17)15-12-7-13(12,2)3/h4-6,12,15H,7-8,14H2,1-3H3. The molecule has 4 nitrogen and oxygen atoms in total. The molecule has 1 saturated carbocycles. The Kier molecular flexibility index (Phi) is 3.25. The lowest BCUT2D eigenvalue weighted by molar-refractivity contribution is 0.554. The van der Waals surface area contributed by atoms with Crippen molar-refractivity contribution >= 4 is 10.0 Å². The third kappa shape index (κ3) is 2.58. The fourth-order valence-corrected chi connectivity index (χ4v) is 3.68. The minimum absolute atomic E-state index is 0.0448. The van der Waals surface area contributed by atoms with Crippen LogP contribution in [0.1, 0.15) is 31.4 Å². The van der Waals surface area contributed by atoms with Crippen LogP contribution in [0.5, 0.6) is 0 Å². The molecule has 1 atom stereocenters. The van der Waals surface area contributed by atoms with E-state index in [9.17, 15) is 8.42 Å². The predicted octanol–water partition coefficient (Wildman–Crippen LogP) is 1.53. The number of nitrogens with two attached hydrogens (primary N) is 1. The summed E-state index contributed by atoms with van der Waals surface area (Å²) in [6.45, 7) is 6.26. The maximum absolute atomic E-state index is 12.3. The van der Waals surface area contributed by atoms with E-state index in [0.717, 1.165) is 17.5 Å². The number of nitrogens with one attached hydrogen (secondary N) is 1. The van der Waals surface area contributed by atoms with E-state index in [1.807, 2.05) is 6.07 Å². The van der Waals surface area contributed by atoms with Gasteiger partial charge < -0.3 is 5.73 Å². The van der Waals surface area contributed by atoms with E-state index in [0.29, 0.717) is 11.4 Å². The Labute approximate surface area is 109 Å². The molecule has 1 aromatic rings. The highest BCUT2D eigenvalue weighted by Gasteiger charge is 2.48. The van der Waals surface area contributed by atoms with E-state index in [1.165, 1.54) is 0 Å². The van der Waals surface area contributed by atoms with E-state index < -0.39 is 10.0 Å². The van der Waals surface area contributed by atoms with Gasteiger partial charge in [0.15, 0.2) is 0 Å². The molecule has 1 fully saturated rings. The van der Waals surface area contributed by atoms with Crippen LogP contribution in [0.4, 0.5) is 0 Å². The van der Waals surface area contributed by atoms with E-state index in [-0.39, 0.29) is 11.5 Å². The van der Waals surface area contributed by atoms with E-state index in [4.69, 9.17) is 5.73 Å². The molecule has 1 aromatic carbocycles. The average molecular weight is 268 g/mol. The van der Waals surface area contributed by atoms with Gasteiger partial charge in [-0.1, -0.05) is 26.0 Å². The molecule has 2 rings (SSSR count). The Morgan fingerprint density at radius 3 is 2.56 bits per heavy atom. The number of hydrogen-bond donors (Lipinski definition) is 2. The summed E-state index contributed by atoms with van der Waals surface area (Å²) in [7, 11) is -3.44. The van der Waals surface area contributed by atoms with Crippen LogP contribution in [0.2, 0.25) is 0 Å². The maximum atomic E-state index is 12.3. The highest BCUT2D eigenvalue weighted by Crippen LogP contribution is 2.45. The van der Waals surface area contributed by atoms with Gasteiger partial charge in [0.2, 0.25) is 10.0 Å². The van der Waals surface area contributed by atoms with E-state index in [1.54, 1.807) is 19.1 Å². The van der Waals surface area contributed by atoms with Gasteiger partial charge in [-0.3, -0.25) is 0 Å². The number of hydrogen-bond acceptors (Lipinski definition) is 3. The quantitative estimate of drug-likeness (QED) is 0.870. The molecular weight excluding hydrogens is 248 g/mol. The number of rotatable bonds is 4. The first-order valence-electron chi connectivity index (χ1n) is 6.08. The van der Waals surface area contributed by atoms with E-state index in [2.05, 4.69) is 18.6 Å². The van der Waals surface area contributed by atoms with Gasteiger partial charge in [-0.25, -0.2) is 13.1 Å². The molecule has 5 heteroatoms. The van der Waals surface area contributed by atoms with Gasteiger partial charge in [0.1, 0.15) is 0 Å². The monoisotopic (exact) mass is 268 g/mol. The molecule has 0 radical (unpaired) electrons. The maximum Gasteiger partial charge on any atom is 0.241 e. The van der Waals surface area contributed by atoms with Crippen LogP contribution in [-0.4, -0.2) is 14.5 Å². The molecular formula is C13H20N2O2S. The van der Waals surface area contributed by atoms with Crippen molar-refractivity contribution in [2.24, 2.45) is 11.1 Å². The first-order valence-corrected chi connectivity index (χ1v) is 7.56. The summed E-state index contributed by atoms with van der Waals surface area (Å²) in [5.41, 5.74) is 7.21. The third-order valence-electron chi connectivity index (χ3n) is 3.59. The molecule has 0 bridgehead atoms. The van der Waals surface area contributed by atoms with Crippen molar-refractivity contribution < 1.29 is 8.42 Å². The zero-order chi connectivity index (χ0) is 13.6. The van der Waals surface area contributed by atoms with Crippen LogP contribution in [-0.2, 0) is 16.6 Å². The summed E-state index contributed by atoms with van der Waals surface area (Å²) in [5, 5.41) is 0. The van der Waals surface area contributed by atoms with Crippen LogP contribution in [0.25, 0.3) is 0 Å². The Balaban J connectivity index is 2.29. The fraction of sp³-hybridized carbons (Fsp3) is 0.538. The molecule has 0 spiro atoms. The van der Waals surface area contributed by atoms with Crippen molar-refractivity contribution in [2.45, 2.75) is 44.7 Å². The molecule has 1 aliphatic carbocycles. The van der Waals surface area contributed by atoms with Gasteiger partial charge in [0, 0.05) is 12.6 Å². The van der Waals surface area contributed by atoms with Crippen LogP contribution in [0, 0.1) is 12.3 Å². The van der Waals surface area contributed by atoms with Crippen molar-refractivity contribution in [2.75, 3.05) is 0 Å². The molecule has 0 heterocycles. The topological polar surface area (TPSA) is 72.2 Å². The summed E-state index contributed by atoms with van der Waals surface area (Å²) >= 11 is 0. The molecule has 100 valence electrons. The molecule has 3 N–H and O–H groups in total. The summed E-state index contributed by atoms with van der Waals surface area (Å²) < 4.78 is 27.4. The molecule has 1 unspecified atom stereocenters. The van der Waals surface area contributed by atoms with Gasteiger partial charge in [-0.2, -0.15) is 0 Å². The largest absolute Gasteiger partial charge is 0.326 e. The lowest BCUT2D eigenvalue weighted by atomic mass is 10.1. The minimum atomic E-state index is -3.44. The fourth-order valence-electron chi connectivity index (χ4n) is 1.98.